The van der Waals surface area contributed by atoms with Crippen molar-refractivity contribution in [3.05, 3.63) is 0 Å². The van der Waals surface area contributed by atoms with E-state index in [2.05, 4.69) is 5.32 Å². The Bertz CT molecular complexity index is 361. The Kier molecular flexibility index (Phi) is 5.57. The summed E-state index contributed by atoms with van der Waals surface area (Å²) in [6.45, 7) is 10.1. The number of hydrogen-bond donors (Lipinski definition) is 2. The quantitative estimate of drug-likeness (QED) is 0.814. The first-order chi connectivity index (χ1) is 9.18. The molecule has 1 heterocycles. The number of carbonyl (C=O) groups is 2. The molecule has 0 aliphatic carbocycles. The summed E-state index contributed by atoms with van der Waals surface area (Å²) < 4.78 is 0. The maximum atomic E-state index is 12.4. The molecule has 0 bridgehead atoms. The molecule has 1 saturated heterocycles. The molecule has 0 spiro atoms. The minimum absolute atomic E-state index is 0.0141. The van der Waals surface area contributed by atoms with Gasteiger partial charge in [0.2, 0.25) is 11.8 Å². The predicted octanol–water partition coefficient (Wildman–Crippen LogP) is 1.16. The summed E-state index contributed by atoms with van der Waals surface area (Å²) in [6, 6.07) is -0.649. The summed E-state index contributed by atoms with van der Waals surface area (Å²) in [4.78, 5) is 26.4. The van der Waals surface area contributed by atoms with Gasteiger partial charge in [-0.15, -0.1) is 0 Å². The van der Waals surface area contributed by atoms with Crippen LogP contribution in [0.3, 0.4) is 0 Å². The molecule has 1 rings (SSSR count). The lowest BCUT2D eigenvalue weighted by Gasteiger charge is -2.31. The molecule has 5 nitrogen and oxygen atoms in total. The number of aliphatic hydroxyl groups excluding tert-OH is 1. The molecular formula is C15H28N2O3. The molecule has 116 valence electrons. The number of nitrogens with one attached hydrogen (secondary N) is 1. The van der Waals surface area contributed by atoms with Crippen LogP contribution in [-0.2, 0) is 9.59 Å². The Hall–Kier alpha value is -1.10. The average Bonchev–Trinajstić information content (AvgIpc) is 2.81. The van der Waals surface area contributed by atoms with Crippen molar-refractivity contribution in [2.75, 3.05) is 13.2 Å². The van der Waals surface area contributed by atoms with E-state index in [1.54, 1.807) is 4.90 Å². The van der Waals surface area contributed by atoms with E-state index in [0.29, 0.717) is 13.0 Å². The molecule has 20 heavy (non-hydrogen) atoms. The van der Waals surface area contributed by atoms with Crippen molar-refractivity contribution in [1.29, 1.82) is 0 Å². The third-order valence-electron chi connectivity index (χ3n) is 3.79. The van der Waals surface area contributed by atoms with Crippen molar-refractivity contribution < 1.29 is 14.7 Å². The number of hydrogen-bond acceptors (Lipinski definition) is 3. The van der Waals surface area contributed by atoms with Gasteiger partial charge in [0, 0.05) is 12.0 Å². The van der Waals surface area contributed by atoms with E-state index < -0.39 is 11.5 Å². The molecule has 0 aromatic carbocycles. The first-order valence-electron chi connectivity index (χ1n) is 7.40. The highest BCUT2D eigenvalue weighted by Crippen LogP contribution is 2.25. The maximum absolute atomic E-state index is 12.4. The topological polar surface area (TPSA) is 69.6 Å². The minimum atomic E-state index is -0.475. The molecule has 0 aromatic heterocycles. The summed E-state index contributed by atoms with van der Waals surface area (Å²) in [5, 5.41) is 12.2. The van der Waals surface area contributed by atoms with Gasteiger partial charge in [0.05, 0.1) is 12.6 Å². The highest BCUT2D eigenvalue weighted by atomic mass is 16.3. The zero-order chi connectivity index (χ0) is 15.5. The van der Waals surface area contributed by atoms with Crippen LogP contribution in [-0.4, -0.2) is 47.1 Å². The summed E-state index contributed by atoms with van der Waals surface area (Å²) >= 11 is 0. The number of likely N-dealkylation sites (tertiary alicyclic amines) is 1. The van der Waals surface area contributed by atoms with Crippen molar-refractivity contribution in [3.63, 3.8) is 0 Å². The lowest BCUT2D eigenvalue weighted by Crippen LogP contribution is -2.52. The lowest BCUT2D eigenvalue weighted by atomic mass is 9.94. The Morgan fingerprint density at radius 1 is 1.35 bits per heavy atom. The first-order valence-corrected chi connectivity index (χ1v) is 7.40. The second kappa shape index (κ2) is 6.57. The van der Waals surface area contributed by atoms with Crippen LogP contribution in [0.2, 0.25) is 0 Å². The summed E-state index contributed by atoms with van der Waals surface area (Å²) in [5.74, 6) is 0.0326. The fourth-order valence-corrected chi connectivity index (χ4v) is 2.42. The second-order valence-electron chi connectivity index (χ2n) is 6.95. The first kappa shape index (κ1) is 17.0. The molecule has 1 unspecified atom stereocenters. The highest BCUT2D eigenvalue weighted by Gasteiger charge is 2.39. The van der Waals surface area contributed by atoms with Gasteiger partial charge in [-0.2, -0.15) is 0 Å². The third-order valence-corrected chi connectivity index (χ3v) is 3.79. The standard InChI is InChI=1S/C15H28N2O3/c1-10(2)11(9-18)16-13(19)12-7-6-8-17(12)14(20)15(3,4)5/h10-12,18H,6-9H2,1-5H3,(H,16,19)/t11-,12?/m1/s1. The van der Waals surface area contributed by atoms with Crippen LogP contribution in [0.15, 0.2) is 0 Å². The van der Waals surface area contributed by atoms with E-state index >= 15 is 0 Å². The molecular weight excluding hydrogens is 256 g/mol. The Morgan fingerprint density at radius 3 is 2.40 bits per heavy atom. The molecule has 1 aliphatic heterocycles. The fraction of sp³-hybridized carbons (Fsp3) is 0.867. The van der Waals surface area contributed by atoms with E-state index in [-0.39, 0.29) is 30.4 Å². The summed E-state index contributed by atoms with van der Waals surface area (Å²) in [6.07, 6.45) is 1.55. The molecule has 1 aliphatic rings. The van der Waals surface area contributed by atoms with Gasteiger partial charge in [0.15, 0.2) is 0 Å². The molecule has 2 atom stereocenters. The Balaban J connectivity index is 2.74. The average molecular weight is 284 g/mol. The van der Waals surface area contributed by atoms with E-state index in [1.807, 2.05) is 34.6 Å². The van der Waals surface area contributed by atoms with Crippen LogP contribution in [0.25, 0.3) is 0 Å². The number of amides is 2. The SMILES string of the molecule is CC(C)[C@@H](CO)NC(=O)C1CCCN1C(=O)C(C)(C)C. The number of carbonyl (C=O) groups excluding carboxylic acids is 2. The normalized spacial score (nSPS) is 21.1. The molecule has 0 aromatic rings. The number of nitrogens with zero attached hydrogens (tertiary/aromatic N) is 1. The van der Waals surface area contributed by atoms with Crippen molar-refractivity contribution in [3.8, 4) is 0 Å². The zero-order valence-electron chi connectivity index (χ0n) is 13.3. The zero-order valence-corrected chi connectivity index (χ0v) is 13.3. The molecule has 2 amide bonds. The Labute approximate surface area is 121 Å². The van der Waals surface area contributed by atoms with E-state index in [9.17, 15) is 14.7 Å². The highest BCUT2D eigenvalue weighted by molar-refractivity contribution is 5.90. The van der Waals surface area contributed by atoms with Gasteiger partial charge in [0.25, 0.3) is 0 Å². The van der Waals surface area contributed by atoms with Crippen molar-refractivity contribution in [1.82, 2.24) is 10.2 Å². The third kappa shape index (κ3) is 3.95. The number of rotatable bonds is 4. The van der Waals surface area contributed by atoms with Crippen molar-refractivity contribution >= 4 is 11.8 Å². The number of aliphatic hydroxyl groups is 1. The fourth-order valence-electron chi connectivity index (χ4n) is 2.42. The summed E-state index contributed by atoms with van der Waals surface area (Å²) in [5.41, 5.74) is -0.475. The van der Waals surface area contributed by atoms with E-state index in [4.69, 9.17) is 0 Å². The monoisotopic (exact) mass is 284 g/mol. The van der Waals surface area contributed by atoms with Crippen LogP contribution in [0.1, 0.15) is 47.5 Å². The van der Waals surface area contributed by atoms with Gasteiger partial charge in [-0.1, -0.05) is 34.6 Å². The van der Waals surface area contributed by atoms with Crippen molar-refractivity contribution in [2.45, 2.75) is 59.5 Å². The molecule has 5 heteroatoms. The smallest absolute Gasteiger partial charge is 0.243 e. The molecule has 0 saturated carbocycles. The minimum Gasteiger partial charge on any atom is -0.394 e. The molecule has 1 fully saturated rings. The predicted molar refractivity (Wildman–Crippen MR) is 78.0 cm³/mol. The van der Waals surface area contributed by atoms with Crippen LogP contribution in [0.4, 0.5) is 0 Å². The maximum Gasteiger partial charge on any atom is 0.243 e. The van der Waals surface area contributed by atoms with E-state index in [1.165, 1.54) is 0 Å². The molecule has 0 radical (unpaired) electrons. The van der Waals surface area contributed by atoms with Crippen LogP contribution < -0.4 is 5.32 Å². The van der Waals surface area contributed by atoms with Crippen LogP contribution in [0, 0.1) is 11.3 Å². The largest absolute Gasteiger partial charge is 0.394 e. The second-order valence-corrected chi connectivity index (χ2v) is 6.95. The van der Waals surface area contributed by atoms with Gasteiger partial charge >= 0.3 is 0 Å². The Morgan fingerprint density at radius 2 is 1.95 bits per heavy atom. The van der Waals surface area contributed by atoms with Gasteiger partial charge in [0.1, 0.15) is 6.04 Å². The van der Waals surface area contributed by atoms with Crippen molar-refractivity contribution in [2.24, 2.45) is 11.3 Å². The van der Waals surface area contributed by atoms with Gasteiger partial charge in [-0.25, -0.2) is 0 Å². The van der Waals surface area contributed by atoms with Gasteiger partial charge in [-0.3, -0.25) is 9.59 Å². The van der Waals surface area contributed by atoms with E-state index in [0.717, 1.165) is 6.42 Å². The summed E-state index contributed by atoms with van der Waals surface area (Å²) in [7, 11) is 0. The van der Waals surface area contributed by atoms with Gasteiger partial charge < -0.3 is 15.3 Å². The van der Waals surface area contributed by atoms with Crippen LogP contribution >= 0.6 is 0 Å². The van der Waals surface area contributed by atoms with Crippen LogP contribution in [0.5, 0.6) is 0 Å². The molecule has 2 N–H and O–H groups in total. The van der Waals surface area contributed by atoms with Gasteiger partial charge in [-0.05, 0) is 18.8 Å². The lowest BCUT2D eigenvalue weighted by molar-refractivity contribution is -0.145.